The van der Waals surface area contributed by atoms with Crippen molar-refractivity contribution in [1.29, 1.82) is 0 Å². The maximum atomic E-state index is 13.1. The Kier molecular flexibility index (Phi) is 4.02. The molecule has 0 aliphatic carbocycles. The number of aliphatic hydroxyl groups is 1. The van der Waals surface area contributed by atoms with Gasteiger partial charge in [-0.3, -0.25) is 9.48 Å². The number of carbonyl (C=O) groups is 1. The lowest BCUT2D eigenvalue weighted by Crippen LogP contribution is -2.38. The Morgan fingerprint density at radius 2 is 2.04 bits per heavy atom. The Balaban J connectivity index is 1.92. The predicted molar refractivity (Wildman–Crippen MR) is 87.5 cm³/mol. The van der Waals surface area contributed by atoms with Gasteiger partial charge in [0, 0.05) is 32.5 Å². The number of hydrogen-bond donors (Lipinski definition) is 1. The largest absolute Gasteiger partial charge is 0.393 e. The maximum Gasteiger partial charge on any atom is 0.259 e. The topological polar surface area (TPSA) is 63.3 Å². The summed E-state index contributed by atoms with van der Waals surface area (Å²) in [7, 11) is 1.84. The minimum absolute atomic E-state index is 0.0241. The highest BCUT2D eigenvalue weighted by atomic mass is 16.3. The van der Waals surface area contributed by atoms with Crippen LogP contribution in [0.3, 0.4) is 0 Å². The quantitative estimate of drug-likeness (QED) is 0.919. The van der Waals surface area contributed by atoms with Gasteiger partial charge in [-0.2, -0.15) is 5.10 Å². The van der Waals surface area contributed by atoms with Gasteiger partial charge in [0.05, 0.1) is 12.3 Å². The maximum absolute atomic E-state index is 13.1. The molecule has 23 heavy (non-hydrogen) atoms. The molecule has 0 saturated carbocycles. The third-order valence-electron chi connectivity index (χ3n) is 4.41. The van der Waals surface area contributed by atoms with Crippen molar-refractivity contribution in [2.75, 3.05) is 13.1 Å². The number of carbonyl (C=O) groups excluding carboxylic acids is 1. The molecule has 2 aromatic heterocycles. The van der Waals surface area contributed by atoms with Gasteiger partial charge in [-0.15, -0.1) is 0 Å². The fraction of sp³-hybridized carbons (Fsp3) is 0.529. The second-order valence-corrected chi connectivity index (χ2v) is 7.13. The van der Waals surface area contributed by atoms with Crippen molar-refractivity contribution < 1.29 is 9.90 Å². The van der Waals surface area contributed by atoms with Crippen molar-refractivity contribution in [2.24, 2.45) is 12.5 Å². The molecule has 1 saturated heterocycles. The highest BCUT2D eigenvalue weighted by molar-refractivity contribution is 5.97. The molecule has 6 nitrogen and oxygen atoms in total. The third kappa shape index (κ3) is 3.17. The molecule has 1 N–H and O–H groups in total. The number of aromatic nitrogens is 3. The molecule has 1 atom stereocenters. The number of aryl methyl sites for hydroxylation is 1. The summed E-state index contributed by atoms with van der Waals surface area (Å²) in [5.74, 6) is 0.742. The first kappa shape index (κ1) is 15.8. The van der Waals surface area contributed by atoms with Crippen LogP contribution in [0.4, 0.5) is 0 Å². The molecular formula is C17H24N4O2. The van der Waals surface area contributed by atoms with Crippen molar-refractivity contribution in [1.82, 2.24) is 19.2 Å². The monoisotopic (exact) mass is 316 g/mol. The van der Waals surface area contributed by atoms with E-state index in [9.17, 15) is 9.90 Å². The standard InChI is InChI=1S/C17H24N4O2/c1-17(2)10-13(22)6-9-21(12-17)16(23)14-11-18-19(3)15(14)20-7-4-5-8-20/h4-5,7-8,11,13,22H,6,9-10,12H2,1-3H3. The Morgan fingerprint density at radius 3 is 2.74 bits per heavy atom. The van der Waals surface area contributed by atoms with Crippen molar-refractivity contribution in [2.45, 2.75) is 32.8 Å². The summed E-state index contributed by atoms with van der Waals surface area (Å²) in [6.07, 6.45) is 6.43. The van der Waals surface area contributed by atoms with Crippen LogP contribution in [0.25, 0.3) is 5.82 Å². The van der Waals surface area contributed by atoms with E-state index < -0.39 is 0 Å². The molecule has 0 bridgehead atoms. The summed E-state index contributed by atoms with van der Waals surface area (Å²) < 4.78 is 3.61. The van der Waals surface area contributed by atoms with E-state index in [1.54, 1.807) is 10.9 Å². The number of rotatable bonds is 2. The van der Waals surface area contributed by atoms with Crippen molar-refractivity contribution in [3.05, 3.63) is 36.3 Å². The van der Waals surface area contributed by atoms with Gasteiger partial charge in [-0.25, -0.2) is 0 Å². The summed E-state index contributed by atoms with van der Waals surface area (Å²) >= 11 is 0. The van der Waals surface area contributed by atoms with Crippen LogP contribution in [0, 0.1) is 5.41 Å². The van der Waals surface area contributed by atoms with Crippen LogP contribution in [0.2, 0.25) is 0 Å². The molecule has 1 aliphatic heterocycles. The molecule has 3 heterocycles. The molecule has 0 radical (unpaired) electrons. The number of hydrogen-bond acceptors (Lipinski definition) is 3. The summed E-state index contributed by atoms with van der Waals surface area (Å²) in [6.45, 7) is 5.40. The molecule has 2 aromatic rings. The van der Waals surface area contributed by atoms with Crippen LogP contribution in [-0.2, 0) is 7.05 Å². The molecule has 1 unspecified atom stereocenters. The Bertz CT molecular complexity index is 688. The van der Waals surface area contributed by atoms with Gasteiger partial charge in [-0.05, 0) is 30.4 Å². The Hall–Kier alpha value is -2.08. The van der Waals surface area contributed by atoms with E-state index in [1.165, 1.54) is 0 Å². The van der Waals surface area contributed by atoms with Gasteiger partial charge >= 0.3 is 0 Å². The smallest absolute Gasteiger partial charge is 0.259 e. The van der Waals surface area contributed by atoms with Gasteiger partial charge < -0.3 is 14.6 Å². The Labute approximate surface area is 136 Å². The molecule has 1 amide bonds. The van der Waals surface area contributed by atoms with Crippen LogP contribution in [0.15, 0.2) is 30.7 Å². The summed E-state index contributed by atoms with van der Waals surface area (Å²) in [6, 6.07) is 3.85. The lowest BCUT2D eigenvalue weighted by molar-refractivity contribution is 0.0705. The zero-order valence-electron chi connectivity index (χ0n) is 13.9. The second-order valence-electron chi connectivity index (χ2n) is 7.13. The van der Waals surface area contributed by atoms with E-state index in [0.29, 0.717) is 31.5 Å². The Morgan fingerprint density at radius 1 is 1.35 bits per heavy atom. The molecule has 1 aliphatic rings. The summed E-state index contributed by atoms with van der Waals surface area (Å²) in [4.78, 5) is 14.9. The summed E-state index contributed by atoms with van der Waals surface area (Å²) in [5.41, 5.74) is 0.498. The van der Waals surface area contributed by atoms with Gasteiger partial charge in [0.15, 0.2) is 0 Å². The molecular weight excluding hydrogens is 292 g/mol. The number of nitrogens with zero attached hydrogens (tertiary/aromatic N) is 4. The number of likely N-dealkylation sites (tertiary alicyclic amines) is 1. The van der Waals surface area contributed by atoms with Crippen LogP contribution in [0.5, 0.6) is 0 Å². The van der Waals surface area contributed by atoms with Crippen molar-refractivity contribution >= 4 is 5.91 Å². The number of aliphatic hydroxyl groups excluding tert-OH is 1. The van der Waals surface area contributed by atoms with E-state index in [1.807, 2.05) is 41.0 Å². The highest BCUT2D eigenvalue weighted by Crippen LogP contribution is 2.29. The van der Waals surface area contributed by atoms with Gasteiger partial charge in [0.25, 0.3) is 5.91 Å². The van der Waals surface area contributed by atoms with Gasteiger partial charge in [0.1, 0.15) is 11.4 Å². The van der Waals surface area contributed by atoms with Crippen molar-refractivity contribution in [3.8, 4) is 5.82 Å². The lowest BCUT2D eigenvalue weighted by Gasteiger charge is -2.29. The molecule has 124 valence electrons. The van der Waals surface area contributed by atoms with E-state index in [0.717, 1.165) is 5.82 Å². The number of amides is 1. The third-order valence-corrected chi connectivity index (χ3v) is 4.41. The fourth-order valence-electron chi connectivity index (χ4n) is 3.41. The highest BCUT2D eigenvalue weighted by Gasteiger charge is 2.33. The zero-order chi connectivity index (χ0) is 16.6. The minimum Gasteiger partial charge on any atom is -0.393 e. The normalized spacial score (nSPS) is 21.2. The first-order valence-electron chi connectivity index (χ1n) is 8.00. The van der Waals surface area contributed by atoms with E-state index in [2.05, 4.69) is 18.9 Å². The van der Waals surface area contributed by atoms with Gasteiger partial charge in [-0.1, -0.05) is 13.8 Å². The van der Waals surface area contributed by atoms with Crippen molar-refractivity contribution in [3.63, 3.8) is 0 Å². The van der Waals surface area contributed by atoms with E-state index >= 15 is 0 Å². The van der Waals surface area contributed by atoms with Gasteiger partial charge in [0.2, 0.25) is 0 Å². The van der Waals surface area contributed by atoms with E-state index in [4.69, 9.17) is 0 Å². The van der Waals surface area contributed by atoms with Crippen LogP contribution in [-0.4, -0.2) is 49.5 Å². The van der Waals surface area contributed by atoms with Crippen LogP contribution in [0.1, 0.15) is 37.0 Å². The summed E-state index contributed by atoms with van der Waals surface area (Å²) in [5, 5.41) is 14.3. The zero-order valence-corrected chi connectivity index (χ0v) is 13.9. The molecule has 0 aromatic carbocycles. The fourth-order valence-corrected chi connectivity index (χ4v) is 3.41. The predicted octanol–water partition coefficient (Wildman–Crippen LogP) is 1.83. The van der Waals surface area contributed by atoms with Crippen LogP contribution < -0.4 is 0 Å². The average Bonchev–Trinajstić information content (AvgIpc) is 3.07. The lowest BCUT2D eigenvalue weighted by atomic mass is 9.87. The van der Waals surface area contributed by atoms with E-state index in [-0.39, 0.29) is 17.4 Å². The molecule has 6 heteroatoms. The minimum atomic E-state index is -0.347. The first-order chi connectivity index (χ1) is 10.9. The molecule has 3 rings (SSSR count). The molecule has 1 fully saturated rings. The average molecular weight is 316 g/mol. The SMILES string of the molecule is Cn1ncc(C(=O)N2CCC(O)CC(C)(C)C2)c1-n1cccc1. The van der Waals surface area contributed by atoms with Crippen LogP contribution >= 0.6 is 0 Å². The second kappa shape index (κ2) is 5.85. The first-order valence-corrected chi connectivity index (χ1v) is 8.00. The molecule has 0 spiro atoms.